The fourth-order valence-electron chi connectivity index (χ4n) is 1.65. The van der Waals surface area contributed by atoms with Crippen LogP contribution >= 0.6 is 11.6 Å². The molecule has 1 fully saturated rings. The van der Waals surface area contributed by atoms with Crippen molar-refractivity contribution in [2.75, 3.05) is 6.61 Å². The van der Waals surface area contributed by atoms with Crippen molar-refractivity contribution < 1.29 is 4.74 Å². The van der Waals surface area contributed by atoms with Crippen molar-refractivity contribution in [1.29, 1.82) is 5.26 Å². The minimum atomic E-state index is 0.515. The van der Waals surface area contributed by atoms with Crippen molar-refractivity contribution in [2.24, 2.45) is 0 Å². The molecule has 4 heteroatoms. The first-order chi connectivity index (χ1) is 8.79. The number of benzene rings is 1. The van der Waals surface area contributed by atoms with E-state index in [-0.39, 0.29) is 0 Å². The number of nitrogens with zero attached hydrogens (tertiary/aromatic N) is 1. The van der Waals surface area contributed by atoms with Crippen LogP contribution in [-0.4, -0.2) is 12.6 Å². The monoisotopic (exact) mass is 264 g/mol. The van der Waals surface area contributed by atoms with Crippen LogP contribution in [0, 0.1) is 11.3 Å². The zero-order valence-corrected chi connectivity index (χ0v) is 11.0. The fraction of sp³-hybridized carbons (Fsp3) is 0.500. The number of halogens is 1. The zero-order chi connectivity index (χ0) is 12.8. The maximum Gasteiger partial charge on any atom is 0.137 e. The van der Waals surface area contributed by atoms with E-state index in [9.17, 15) is 0 Å². The molecule has 1 aromatic carbocycles. The van der Waals surface area contributed by atoms with Gasteiger partial charge in [-0.3, -0.25) is 0 Å². The second kappa shape index (κ2) is 6.63. The molecule has 1 aromatic rings. The van der Waals surface area contributed by atoms with Gasteiger partial charge in [-0.05, 0) is 37.0 Å². The topological polar surface area (TPSA) is 45.0 Å². The fourth-order valence-corrected chi connectivity index (χ4v) is 1.91. The predicted molar refractivity (Wildman–Crippen MR) is 71.7 cm³/mol. The number of hydrogen-bond acceptors (Lipinski definition) is 3. The Balaban J connectivity index is 1.82. The van der Waals surface area contributed by atoms with E-state index in [0.717, 1.165) is 13.0 Å². The molecule has 96 valence electrons. The molecular weight excluding hydrogens is 248 g/mol. The lowest BCUT2D eigenvalue weighted by atomic mass is 10.2. The van der Waals surface area contributed by atoms with E-state index in [2.05, 4.69) is 11.4 Å². The standard InChI is InChI=1S/C14H17ClN2O/c15-13-9-11(10-17-12-4-5-12)3-6-14(13)18-8-2-1-7-16/h3,6,9,12,17H,1-2,4-5,8,10H2. The first-order valence-electron chi connectivity index (χ1n) is 6.31. The Morgan fingerprint density at radius 1 is 1.44 bits per heavy atom. The molecule has 1 saturated carbocycles. The highest BCUT2D eigenvalue weighted by Gasteiger charge is 2.19. The minimum Gasteiger partial charge on any atom is -0.492 e. The van der Waals surface area contributed by atoms with Crippen LogP contribution in [0.3, 0.4) is 0 Å². The summed E-state index contributed by atoms with van der Waals surface area (Å²) in [6.45, 7) is 1.39. The molecule has 18 heavy (non-hydrogen) atoms. The Morgan fingerprint density at radius 2 is 2.28 bits per heavy atom. The number of nitrogens with one attached hydrogen (secondary N) is 1. The summed E-state index contributed by atoms with van der Waals surface area (Å²) in [6.07, 6.45) is 3.82. The quantitative estimate of drug-likeness (QED) is 0.769. The summed E-state index contributed by atoms with van der Waals surface area (Å²) in [4.78, 5) is 0. The molecule has 0 heterocycles. The summed E-state index contributed by atoms with van der Waals surface area (Å²) in [6, 6.07) is 8.66. The molecular formula is C14H17ClN2O. The summed E-state index contributed by atoms with van der Waals surface area (Å²) < 4.78 is 5.53. The molecule has 1 aliphatic rings. The summed E-state index contributed by atoms with van der Waals surface area (Å²) >= 11 is 6.16. The number of nitriles is 1. The van der Waals surface area contributed by atoms with Gasteiger partial charge in [0.05, 0.1) is 17.7 Å². The predicted octanol–water partition coefficient (Wildman–Crippen LogP) is 3.27. The van der Waals surface area contributed by atoms with Gasteiger partial charge in [-0.2, -0.15) is 5.26 Å². The van der Waals surface area contributed by atoms with Crippen LogP contribution in [0.25, 0.3) is 0 Å². The summed E-state index contributed by atoms with van der Waals surface area (Å²) in [5.41, 5.74) is 1.18. The molecule has 0 amide bonds. The highest BCUT2D eigenvalue weighted by molar-refractivity contribution is 6.32. The van der Waals surface area contributed by atoms with Crippen LogP contribution in [0.2, 0.25) is 5.02 Å². The van der Waals surface area contributed by atoms with E-state index in [1.807, 2.05) is 18.2 Å². The van der Waals surface area contributed by atoms with Crippen molar-refractivity contribution >= 4 is 11.6 Å². The van der Waals surface area contributed by atoms with Gasteiger partial charge in [-0.1, -0.05) is 17.7 Å². The highest BCUT2D eigenvalue weighted by Crippen LogP contribution is 2.26. The van der Waals surface area contributed by atoms with Gasteiger partial charge in [0, 0.05) is 19.0 Å². The summed E-state index contributed by atoms with van der Waals surface area (Å²) in [7, 11) is 0. The largest absolute Gasteiger partial charge is 0.492 e. The Morgan fingerprint density at radius 3 is 2.94 bits per heavy atom. The van der Waals surface area contributed by atoms with Crippen LogP contribution in [-0.2, 0) is 6.54 Å². The van der Waals surface area contributed by atoms with Crippen LogP contribution in [0.15, 0.2) is 18.2 Å². The van der Waals surface area contributed by atoms with Gasteiger partial charge in [0.15, 0.2) is 0 Å². The second-order valence-corrected chi connectivity index (χ2v) is 4.94. The van der Waals surface area contributed by atoms with Crippen molar-refractivity contribution in [2.45, 2.75) is 38.3 Å². The molecule has 0 unspecified atom stereocenters. The Hall–Kier alpha value is -1.24. The molecule has 0 bridgehead atoms. The highest BCUT2D eigenvalue weighted by atomic mass is 35.5. The smallest absolute Gasteiger partial charge is 0.137 e. The number of unbranched alkanes of at least 4 members (excludes halogenated alkanes) is 1. The molecule has 2 rings (SSSR count). The maximum absolute atomic E-state index is 8.42. The molecule has 0 saturated heterocycles. The van der Waals surface area contributed by atoms with E-state index in [4.69, 9.17) is 21.6 Å². The van der Waals surface area contributed by atoms with Crippen LogP contribution in [0.1, 0.15) is 31.2 Å². The third-order valence-electron chi connectivity index (χ3n) is 2.86. The van der Waals surface area contributed by atoms with Gasteiger partial charge in [-0.15, -0.1) is 0 Å². The average Bonchev–Trinajstić information content (AvgIpc) is 3.18. The molecule has 0 radical (unpaired) electrons. The molecule has 1 aliphatic carbocycles. The van der Waals surface area contributed by atoms with E-state index < -0.39 is 0 Å². The summed E-state index contributed by atoms with van der Waals surface area (Å²) in [5.74, 6) is 0.699. The summed E-state index contributed by atoms with van der Waals surface area (Å²) in [5, 5.41) is 12.5. The molecule has 3 nitrogen and oxygen atoms in total. The van der Waals surface area contributed by atoms with E-state index in [1.165, 1.54) is 18.4 Å². The van der Waals surface area contributed by atoms with Gasteiger partial charge < -0.3 is 10.1 Å². The lowest BCUT2D eigenvalue weighted by Crippen LogP contribution is -2.15. The molecule has 1 N–H and O–H groups in total. The van der Waals surface area contributed by atoms with Gasteiger partial charge in [0.1, 0.15) is 5.75 Å². The third kappa shape index (κ3) is 4.21. The number of hydrogen-bond donors (Lipinski definition) is 1. The van der Waals surface area contributed by atoms with Gasteiger partial charge >= 0.3 is 0 Å². The lowest BCUT2D eigenvalue weighted by Gasteiger charge is -2.09. The van der Waals surface area contributed by atoms with Crippen molar-refractivity contribution in [3.05, 3.63) is 28.8 Å². The van der Waals surface area contributed by atoms with E-state index in [0.29, 0.717) is 29.8 Å². The molecule has 0 aliphatic heterocycles. The third-order valence-corrected chi connectivity index (χ3v) is 3.15. The number of ether oxygens (including phenoxy) is 1. The zero-order valence-electron chi connectivity index (χ0n) is 10.3. The van der Waals surface area contributed by atoms with Crippen LogP contribution in [0.4, 0.5) is 0 Å². The average molecular weight is 265 g/mol. The van der Waals surface area contributed by atoms with E-state index in [1.54, 1.807) is 0 Å². The van der Waals surface area contributed by atoms with Gasteiger partial charge in [0.2, 0.25) is 0 Å². The first-order valence-corrected chi connectivity index (χ1v) is 6.69. The lowest BCUT2D eigenvalue weighted by molar-refractivity contribution is 0.313. The van der Waals surface area contributed by atoms with Gasteiger partial charge in [0.25, 0.3) is 0 Å². The normalized spacial score (nSPS) is 14.2. The SMILES string of the molecule is N#CCCCOc1ccc(CNC2CC2)cc1Cl. The molecule has 0 spiro atoms. The first kappa shape index (κ1) is 13.2. The van der Waals surface area contributed by atoms with Crippen LogP contribution < -0.4 is 10.1 Å². The van der Waals surface area contributed by atoms with Crippen molar-refractivity contribution in [3.8, 4) is 11.8 Å². The molecule has 0 aromatic heterocycles. The Kier molecular flexibility index (Phi) is 4.86. The Labute approximate surface area is 113 Å². The van der Waals surface area contributed by atoms with Crippen LogP contribution in [0.5, 0.6) is 5.75 Å². The van der Waals surface area contributed by atoms with Crippen molar-refractivity contribution in [1.82, 2.24) is 5.32 Å². The van der Waals surface area contributed by atoms with Crippen molar-refractivity contribution in [3.63, 3.8) is 0 Å². The molecule has 0 atom stereocenters. The minimum absolute atomic E-state index is 0.515. The second-order valence-electron chi connectivity index (χ2n) is 4.53. The van der Waals surface area contributed by atoms with Gasteiger partial charge in [-0.25, -0.2) is 0 Å². The number of rotatable bonds is 7. The maximum atomic E-state index is 8.42. The Bertz CT molecular complexity index is 438. The van der Waals surface area contributed by atoms with E-state index >= 15 is 0 Å².